The molecule has 1 amide bonds. The summed E-state index contributed by atoms with van der Waals surface area (Å²) in [4.78, 5) is 26.4. The Morgan fingerprint density at radius 1 is 1.45 bits per heavy atom. The lowest BCUT2D eigenvalue weighted by Crippen LogP contribution is -2.63. The van der Waals surface area contributed by atoms with Gasteiger partial charge in [0.15, 0.2) is 5.75 Å². The van der Waals surface area contributed by atoms with Crippen LogP contribution in [-0.2, 0) is 16.1 Å². The van der Waals surface area contributed by atoms with Gasteiger partial charge in [0, 0.05) is 45.8 Å². The number of ether oxygens (including phenoxy) is 1. The number of amides is 1. The summed E-state index contributed by atoms with van der Waals surface area (Å²) in [6, 6.07) is 4.62. The van der Waals surface area contributed by atoms with E-state index in [0.717, 1.165) is 37.8 Å². The topological polar surface area (TPSA) is 108 Å². The second-order valence-electron chi connectivity index (χ2n) is 8.17. The van der Waals surface area contributed by atoms with E-state index in [1.54, 1.807) is 25.1 Å². The Morgan fingerprint density at radius 3 is 2.97 bits per heavy atom. The Hall–Kier alpha value is -2.23. The number of benzene rings is 1. The molecule has 0 bridgehead atoms. The van der Waals surface area contributed by atoms with Crippen LogP contribution in [0, 0.1) is 10.1 Å². The molecule has 2 N–H and O–H groups in total. The number of nitro groups is 1. The Balaban J connectivity index is 1.70. The summed E-state index contributed by atoms with van der Waals surface area (Å²) in [6.45, 7) is 2.86. The molecule has 1 aliphatic heterocycles. The fraction of sp³-hybridized carbons (Fsp3) is 0.650. The van der Waals surface area contributed by atoms with Crippen molar-refractivity contribution < 1.29 is 19.6 Å². The molecule has 9 nitrogen and oxygen atoms in total. The highest BCUT2D eigenvalue weighted by Gasteiger charge is 2.45. The lowest BCUT2D eigenvalue weighted by Gasteiger charge is -2.50. The van der Waals surface area contributed by atoms with Crippen LogP contribution in [0.5, 0.6) is 5.75 Å². The number of hydrogen-bond donors (Lipinski definition) is 2. The third kappa shape index (κ3) is 5.04. The predicted octanol–water partition coefficient (Wildman–Crippen LogP) is 1.49. The van der Waals surface area contributed by atoms with Crippen LogP contribution < -0.4 is 5.32 Å². The maximum atomic E-state index is 12.0. The summed E-state index contributed by atoms with van der Waals surface area (Å²) in [5, 5.41) is 24.2. The van der Waals surface area contributed by atoms with Gasteiger partial charge in [-0.1, -0.05) is 18.9 Å². The summed E-state index contributed by atoms with van der Waals surface area (Å²) >= 11 is 0. The van der Waals surface area contributed by atoms with E-state index >= 15 is 0 Å². The van der Waals surface area contributed by atoms with Crippen molar-refractivity contribution in [1.29, 1.82) is 0 Å². The van der Waals surface area contributed by atoms with Gasteiger partial charge in [-0.2, -0.15) is 0 Å². The molecular weight excluding hydrogens is 376 g/mol. The molecule has 29 heavy (non-hydrogen) atoms. The third-order valence-electron chi connectivity index (χ3n) is 5.91. The fourth-order valence-corrected chi connectivity index (χ4v) is 4.32. The molecule has 1 spiro atoms. The van der Waals surface area contributed by atoms with Gasteiger partial charge in [-0.3, -0.25) is 19.8 Å². The van der Waals surface area contributed by atoms with Gasteiger partial charge in [0.1, 0.15) is 0 Å². The zero-order valence-electron chi connectivity index (χ0n) is 17.1. The van der Waals surface area contributed by atoms with Gasteiger partial charge in [-0.25, -0.2) is 0 Å². The van der Waals surface area contributed by atoms with Gasteiger partial charge in [0.2, 0.25) is 5.91 Å². The highest BCUT2D eigenvalue weighted by molar-refractivity contribution is 5.77. The van der Waals surface area contributed by atoms with Crippen molar-refractivity contribution in [1.82, 2.24) is 15.1 Å². The molecule has 3 rings (SSSR count). The molecule has 1 aromatic rings. The first kappa shape index (κ1) is 21.5. The van der Waals surface area contributed by atoms with Gasteiger partial charge in [-0.15, -0.1) is 0 Å². The molecular formula is C20H30N4O5. The van der Waals surface area contributed by atoms with Gasteiger partial charge in [0.05, 0.1) is 23.7 Å². The number of phenols is 1. The van der Waals surface area contributed by atoms with E-state index in [4.69, 9.17) is 4.74 Å². The molecule has 1 heterocycles. The van der Waals surface area contributed by atoms with Gasteiger partial charge in [-0.05, 0) is 24.5 Å². The Bertz CT molecular complexity index is 752. The number of nitrogens with one attached hydrogen (secondary N) is 1. The van der Waals surface area contributed by atoms with Crippen molar-refractivity contribution in [2.45, 2.75) is 43.9 Å². The van der Waals surface area contributed by atoms with Crippen molar-refractivity contribution in [2.24, 2.45) is 0 Å². The van der Waals surface area contributed by atoms with Gasteiger partial charge >= 0.3 is 5.69 Å². The van der Waals surface area contributed by atoms with Crippen molar-refractivity contribution in [3.63, 3.8) is 0 Å². The zero-order chi connectivity index (χ0) is 21.0. The molecule has 1 saturated carbocycles. The molecule has 160 valence electrons. The minimum absolute atomic E-state index is 0.0368. The Kier molecular flexibility index (Phi) is 6.71. The molecule has 1 aliphatic carbocycles. The van der Waals surface area contributed by atoms with Crippen LogP contribution in [-0.4, -0.2) is 77.7 Å². The van der Waals surface area contributed by atoms with E-state index < -0.39 is 4.92 Å². The van der Waals surface area contributed by atoms with Gasteiger partial charge in [0.25, 0.3) is 0 Å². The first-order valence-electron chi connectivity index (χ1n) is 10.1. The third-order valence-corrected chi connectivity index (χ3v) is 5.91. The Morgan fingerprint density at radius 2 is 2.24 bits per heavy atom. The molecule has 2 aliphatic rings. The average Bonchev–Trinajstić information content (AvgIpc) is 2.68. The predicted molar refractivity (Wildman–Crippen MR) is 108 cm³/mol. The molecule has 2 atom stereocenters. The van der Waals surface area contributed by atoms with E-state index in [2.05, 4.69) is 10.2 Å². The Labute approximate surface area is 170 Å². The molecule has 0 aromatic heterocycles. The maximum absolute atomic E-state index is 12.0. The van der Waals surface area contributed by atoms with E-state index in [1.807, 2.05) is 0 Å². The van der Waals surface area contributed by atoms with Crippen LogP contribution in [0.4, 0.5) is 5.69 Å². The van der Waals surface area contributed by atoms with Crippen molar-refractivity contribution in [2.75, 3.05) is 40.3 Å². The first-order valence-corrected chi connectivity index (χ1v) is 10.1. The SMILES string of the molecule is CN(C)C(=O)CN[C@@H]1CCCC[C@]12CN(Cc1ccc(O)c([N+](=O)[O-])c1)CCO2. The number of carbonyl (C=O) groups is 1. The summed E-state index contributed by atoms with van der Waals surface area (Å²) in [6.07, 6.45) is 4.06. The number of hydrogen-bond acceptors (Lipinski definition) is 7. The fourth-order valence-electron chi connectivity index (χ4n) is 4.32. The van der Waals surface area contributed by atoms with Crippen molar-refractivity contribution >= 4 is 11.6 Å². The number of likely N-dealkylation sites (N-methyl/N-ethyl adjacent to an activating group) is 1. The second-order valence-corrected chi connectivity index (χ2v) is 8.17. The number of nitro benzene ring substituents is 1. The summed E-state index contributed by atoms with van der Waals surface area (Å²) in [5.41, 5.74) is 0.158. The zero-order valence-corrected chi connectivity index (χ0v) is 17.1. The average molecular weight is 406 g/mol. The maximum Gasteiger partial charge on any atom is 0.311 e. The second kappa shape index (κ2) is 9.06. The minimum Gasteiger partial charge on any atom is -0.502 e. The van der Waals surface area contributed by atoms with Crippen LogP contribution in [0.25, 0.3) is 0 Å². The summed E-state index contributed by atoms with van der Waals surface area (Å²) < 4.78 is 6.28. The van der Waals surface area contributed by atoms with Crippen LogP contribution in [0.3, 0.4) is 0 Å². The van der Waals surface area contributed by atoms with E-state index in [-0.39, 0.29) is 35.5 Å². The smallest absolute Gasteiger partial charge is 0.311 e. The number of nitrogens with zero attached hydrogens (tertiary/aromatic N) is 3. The summed E-state index contributed by atoms with van der Waals surface area (Å²) in [5.74, 6) is -0.283. The van der Waals surface area contributed by atoms with Crippen LogP contribution in [0.1, 0.15) is 31.2 Å². The van der Waals surface area contributed by atoms with E-state index in [0.29, 0.717) is 19.7 Å². The minimum atomic E-state index is -0.567. The quantitative estimate of drug-likeness (QED) is 0.544. The number of morpholine rings is 1. The van der Waals surface area contributed by atoms with Crippen molar-refractivity contribution in [3.8, 4) is 5.75 Å². The van der Waals surface area contributed by atoms with Crippen LogP contribution in [0.2, 0.25) is 0 Å². The standard InChI is InChI=1S/C20H30N4O5/c1-22(2)19(26)12-21-18-5-3-4-8-20(18)14-23(9-10-29-20)13-15-6-7-17(25)16(11-15)24(27)28/h6-7,11,18,21,25H,3-5,8-10,12-14H2,1-2H3/t18-,20+/m1/s1. The normalized spacial score (nSPS) is 25.1. The van der Waals surface area contributed by atoms with Gasteiger partial charge < -0.3 is 20.1 Å². The number of rotatable bonds is 6. The molecule has 9 heteroatoms. The molecule has 0 unspecified atom stereocenters. The van der Waals surface area contributed by atoms with E-state index in [9.17, 15) is 20.0 Å². The lowest BCUT2D eigenvalue weighted by molar-refractivity contribution is -0.385. The number of aromatic hydroxyl groups is 1. The molecule has 1 saturated heterocycles. The van der Waals surface area contributed by atoms with Crippen molar-refractivity contribution in [3.05, 3.63) is 33.9 Å². The molecule has 2 fully saturated rings. The highest BCUT2D eigenvalue weighted by atomic mass is 16.6. The first-order chi connectivity index (χ1) is 13.8. The number of carbonyl (C=O) groups excluding carboxylic acids is 1. The molecule has 1 aromatic carbocycles. The summed E-state index contributed by atoms with van der Waals surface area (Å²) in [7, 11) is 3.49. The lowest BCUT2D eigenvalue weighted by atomic mass is 9.78. The highest BCUT2D eigenvalue weighted by Crippen LogP contribution is 2.36. The van der Waals surface area contributed by atoms with E-state index in [1.165, 1.54) is 12.1 Å². The molecule has 0 radical (unpaired) electrons. The van der Waals surface area contributed by atoms with Crippen LogP contribution in [0.15, 0.2) is 18.2 Å². The monoisotopic (exact) mass is 406 g/mol. The van der Waals surface area contributed by atoms with Crippen LogP contribution >= 0.6 is 0 Å². The number of phenolic OH excluding ortho intramolecular Hbond substituents is 1. The largest absolute Gasteiger partial charge is 0.502 e.